The van der Waals surface area contributed by atoms with Crippen LogP contribution in [0, 0.1) is 50.2 Å². The number of fused-ring (bicyclic) bond motifs is 7. The first kappa shape index (κ1) is 24.5. The monoisotopic (exact) mass is 470 g/mol. The quantitative estimate of drug-likeness (QED) is 0.457. The summed E-state index contributed by atoms with van der Waals surface area (Å²) < 4.78 is 0. The standard InChI is InChI=1S/C30H46O4/c1-25(2)21-9-12-29(6)22(27(21,4)11-10-23(25)32)8-7-19-20-17-26(3,24(33)34)13-15-30(20,18-31)16-14-28(19,29)5/h7,20-22,31H,8-18H2,1-6H3,(H,33,34). The zero-order valence-electron chi connectivity index (χ0n) is 22.3. The van der Waals surface area contributed by atoms with Crippen molar-refractivity contribution in [3.8, 4) is 0 Å². The lowest BCUT2D eigenvalue weighted by Gasteiger charge is -2.70. The molecule has 0 aromatic heterocycles. The van der Waals surface area contributed by atoms with Crippen molar-refractivity contribution in [3.05, 3.63) is 11.6 Å². The van der Waals surface area contributed by atoms with E-state index in [4.69, 9.17) is 0 Å². The zero-order valence-corrected chi connectivity index (χ0v) is 22.3. The first-order valence-corrected chi connectivity index (χ1v) is 13.8. The molecule has 0 radical (unpaired) electrons. The van der Waals surface area contributed by atoms with E-state index < -0.39 is 11.4 Å². The number of rotatable bonds is 2. The van der Waals surface area contributed by atoms with Gasteiger partial charge in [-0.2, -0.15) is 0 Å². The molecule has 190 valence electrons. The molecule has 0 aliphatic heterocycles. The van der Waals surface area contributed by atoms with E-state index in [0.29, 0.717) is 36.9 Å². The summed E-state index contributed by atoms with van der Waals surface area (Å²) in [5, 5.41) is 20.7. The minimum absolute atomic E-state index is 0.0234. The Kier molecular flexibility index (Phi) is 5.20. The predicted molar refractivity (Wildman–Crippen MR) is 133 cm³/mol. The Morgan fingerprint density at radius 3 is 2.29 bits per heavy atom. The molecule has 34 heavy (non-hydrogen) atoms. The summed E-state index contributed by atoms with van der Waals surface area (Å²) in [6.45, 7) is 14.0. The van der Waals surface area contributed by atoms with E-state index in [0.717, 1.165) is 44.9 Å². The van der Waals surface area contributed by atoms with Gasteiger partial charge in [0.15, 0.2) is 0 Å². The summed E-state index contributed by atoms with van der Waals surface area (Å²) in [7, 11) is 0. The van der Waals surface area contributed by atoms with Crippen LogP contribution in [0.5, 0.6) is 0 Å². The fourth-order valence-corrected chi connectivity index (χ4v) is 10.5. The van der Waals surface area contributed by atoms with Crippen LogP contribution in [0.25, 0.3) is 0 Å². The summed E-state index contributed by atoms with van der Waals surface area (Å²) in [5.74, 6) is 0.879. The summed E-state index contributed by atoms with van der Waals surface area (Å²) in [6, 6.07) is 0. The van der Waals surface area contributed by atoms with E-state index in [1.54, 1.807) is 0 Å². The fourth-order valence-electron chi connectivity index (χ4n) is 10.5. The van der Waals surface area contributed by atoms with Gasteiger partial charge in [-0.25, -0.2) is 0 Å². The summed E-state index contributed by atoms with van der Waals surface area (Å²) in [4.78, 5) is 25.2. The molecule has 0 saturated heterocycles. The number of carboxylic acid groups (broad SMARTS) is 1. The number of aliphatic hydroxyl groups excluding tert-OH is 1. The average Bonchev–Trinajstić information content (AvgIpc) is 2.77. The van der Waals surface area contributed by atoms with E-state index in [-0.39, 0.29) is 39.6 Å². The normalized spacial score (nSPS) is 51.9. The average molecular weight is 471 g/mol. The number of aliphatic hydroxyl groups is 1. The van der Waals surface area contributed by atoms with E-state index >= 15 is 0 Å². The molecule has 2 N–H and O–H groups in total. The van der Waals surface area contributed by atoms with Gasteiger partial charge < -0.3 is 10.2 Å². The molecule has 5 aliphatic carbocycles. The molecule has 0 aromatic rings. The third kappa shape index (κ3) is 2.81. The van der Waals surface area contributed by atoms with Crippen molar-refractivity contribution < 1.29 is 19.8 Å². The lowest BCUT2D eigenvalue weighted by molar-refractivity contribution is -0.188. The molecule has 5 rings (SSSR count). The second-order valence-electron chi connectivity index (χ2n) is 14.6. The number of carboxylic acids is 1. The first-order chi connectivity index (χ1) is 15.7. The van der Waals surface area contributed by atoms with Gasteiger partial charge in [-0.3, -0.25) is 9.59 Å². The molecule has 5 aliphatic rings. The van der Waals surface area contributed by atoms with Crippen molar-refractivity contribution in [2.75, 3.05) is 6.61 Å². The molecule has 0 bridgehead atoms. The highest BCUT2D eigenvalue weighted by atomic mass is 16.4. The van der Waals surface area contributed by atoms with Gasteiger partial charge in [-0.05, 0) is 98.7 Å². The molecule has 4 heteroatoms. The van der Waals surface area contributed by atoms with Crippen LogP contribution >= 0.6 is 0 Å². The zero-order chi connectivity index (χ0) is 24.9. The van der Waals surface area contributed by atoms with Gasteiger partial charge in [0.25, 0.3) is 0 Å². The summed E-state index contributed by atoms with van der Waals surface area (Å²) in [6.07, 6.45) is 11.7. The maximum Gasteiger partial charge on any atom is 0.309 e. The van der Waals surface area contributed by atoms with Crippen molar-refractivity contribution in [1.29, 1.82) is 0 Å². The Hall–Kier alpha value is -1.16. The van der Waals surface area contributed by atoms with Gasteiger partial charge in [0.2, 0.25) is 0 Å². The van der Waals surface area contributed by atoms with Crippen LogP contribution in [0.1, 0.15) is 106 Å². The smallest absolute Gasteiger partial charge is 0.309 e. The van der Waals surface area contributed by atoms with Gasteiger partial charge in [-0.15, -0.1) is 0 Å². The highest BCUT2D eigenvalue weighted by molar-refractivity contribution is 5.85. The number of ketones is 1. The highest BCUT2D eigenvalue weighted by Crippen LogP contribution is 2.75. The molecule has 8 atom stereocenters. The highest BCUT2D eigenvalue weighted by Gasteiger charge is 2.68. The lowest BCUT2D eigenvalue weighted by atomic mass is 9.33. The minimum atomic E-state index is -0.711. The second kappa shape index (κ2) is 7.20. The van der Waals surface area contributed by atoms with Crippen molar-refractivity contribution in [3.63, 3.8) is 0 Å². The second-order valence-corrected chi connectivity index (χ2v) is 14.6. The molecule has 4 saturated carbocycles. The van der Waals surface area contributed by atoms with Crippen molar-refractivity contribution in [2.45, 2.75) is 106 Å². The van der Waals surface area contributed by atoms with Crippen molar-refractivity contribution in [2.24, 2.45) is 50.2 Å². The van der Waals surface area contributed by atoms with Crippen LogP contribution in [0.4, 0.5) is 0 Å². The number of carbonyl (C=O) groups excluding carboxylic acids is 1. The fraction of sp³-hybridized carbons (Fsp3) is 0.867. The van der Waals surface area contributed by atoms with Crippen molar-refractivity contribution in [1.82, 2.24) is 0 Å². The SMILES string of the molecule is CC1(C(=O)O)CCC2(CO)CCC3(C)C(=CCC4C5(C)CCC(=O)C(C)(C)C5CCC43C)C2C1. The van der Waals surface area contributed by atoms with E-state index in [1.165, 1.54) is 5.57 Å². The largest absolute Gasteiger partial charge is 0.481 e. The number of aliphatic carboxylic acids is 1. The maximum absolute atomic E-state index is 12.9. The predicted octanol–water partition coefficient (Wildman–Crippen LogP) is 6.41. The first-order valence-electron chi connectivity index (χ1n) is 13.8. The number of hydrogen-bond donors (Lipinski definition) is 2. The number of hydrogen-bond acceptors (Lipinski definition) is 3. The Morgan fingerprint density at radius 2 is 1.65 bits per heavy atom. The third-order valence-electron chi connectivity index (χ3n) is 13.2. The van der Waals surface area contributed by atoms with Crippen LogP contribution < -0.4 is 0 Å². The number of allylic oxidation sites excluding steroid dienone is 2. The minimum Gasteiger partial charge on any atom is -0.481 e. The summed E-state index contributed by atoms with van der Waals surface area (Å²) in [5.41, 5.74) is 0.661. The molecule has 0 amide bonds. The van der Waals surface area contributed by atoms with E-state index in [9.17, 15) is 19.8 Å². The van der Waals surface area contributed by atoms with Gasteiger partial charge in [-0.1, -0.05) is 46.3 Å². The van der Waals surface area contributed by atoms with E-state index in [2.05, 4.69) is 40.7 Å². The van der Waals surface area contributed by atoms with Crippen LogP contribution in [-0.4, -0.2) is 28.6 Å². The molecule has 4 nitrogen and oxygen atoms in total. The van der Waals surface area contributed by atoms with Crippen molar-refractivity contribution >= 4 is 11.8 Å². The number of carbonyl (C=O) groups is 2. The maximum atomic E-state index is 12.9. The molecule has 0 aromatic carbocycles. The Labute approximate surface area is 206 Å². The van der Waals surface area contributed by atoms with Gasteiger partial charge in [0, 0.05) is 23.9 Å². The van der Waals surface area contributed by atoms with Crippen LogP contribution in [0.15, 0.2) is 11.6 Å². The Balaban J connectivity index is 1.59. The van der Waals surface area contributed by atoms with Crippen LogP contribution in [0.3, 0.4) is 0 Å². The third-order valence-corrected chi connectivity index (χ3v) is 13.2. The van der Waals surface area contributed by atoms with Crippen LogP contribution in [-0.2, 0) is 9.59 Å². The molecule has 4 fully saturated rings. The van der Waals surface area contributed by atoms with Gasteiger partial charge in [0.05, 0.1) is 5.41 Å². The Morgan fingerprint density at radius 1 is 0.971 bits per heavy atom. The van der Waals surface area contributed by atoms with Gasteiger partial charge >= 0.3 is 5.97 Å². The number of Topliss-reactive ketones (excluding diaryl/α,β-unsaturated/α-hetero) is 1. The van der Waals surface area contributed by atoms with E-state index in [1.807, 2.05) is 6.92 Å². The molecule has 0 heterocycles. The molecule has 0 spiro atoms. The van der Waals surface area contributed by atoms with Gasteiger partial charge in [0.1, 0.15) is 5.78 Å². The molecular weight excluding hydrogens is 424 g/mol. The Bertz CT molecular complexity index is 949. The molecule has 8 unspecified atom stereocenters. The van der Waals surface area contributed by atoms with Crippen LogP contribution in [0.2, 0.25) is 0 Å². The lowest BCUT2D eigenvalue weighted by Crippen LogP contribution is -2.64. The summed E-state index contributed by atoms with van der Waals surface area (Å²) >= 11 is 0. The molecular formula is C30H46O4. The topological polar surface area (TPSA) is 74.6 Å².